The van der Waals surface area contributed by atoms with Gasteiger partial charge in [0, 0.05) is 37.0 Å². The fourth-order valence-corrected chi connectivity index (χ4v) is 8.94. The minimum atomic E-state index is -3.41. The number of sulfonamides is 1. The molecule has 0 saturated carbocycles. The fourth-order valence-electron chi connectivity index (χ4n) is 8.38. The SMILES string of the molecule is CS(=O)(=O)Nc1cccc(-c2ccc3cnc(Nc4cnn(C5CCN(CCCCCCCCCOc6cccc7c6C(=O)N(C6CCC(=O)NC6=O)C7=O)CC5)c4)nn23)c1. The first-order valence-electron chi connectivity index (χ1n) is 20.9. The van der Waals surface area contributed by atoms with Gasteiger partial charge in [0.1, 0.15) is 11.8 Å². The highest BCUT2D eigenvalue weighted by Crippen LogP contribution is 2.34. The predicted octanol–water partition coefficient (Wildman–Crippen LogP) is 5.56. The Hall–Kier alpha value is -6.14. The van der Waals surface area contributed by atoms with Gasteiger partial charge in [-0.3, -0.25) is 38.8 Å². The molecule has 2 fully saturated rings. The van der Waals surface area contributed by atoms with E-state index in [2.05, 4.69) is 30.3 Å². The molecule has 320 valence electrons. The molecule has 0 radical (unpaired) electrons. The van der Waals surface area contributed by atoms with Crippen LogP contribution in [0.3, 0.4) is 0 Å². The van der Waals surface area contributed by atoms with Crippen molar-refractivity contribution < 1.29 is 32.3 Å². The molecule has 2 saturated heterocycles. The van der Waals surface area contributed by atoms with E-state index in [-0.39, 0.29) is 24.0 Å². The van der Waals surface area contributed by atoms with Gasteiger partial charge in [0.05, 0.1) is 59.3 Å². The van der Waals surface area contributed by atoms with Crippen molar-refractivity contribution in [2.24, 2.45) is 0 Å². The largest absolute Gasteiger partial charge is 0.493 e. The number of unbranched alkanes of at least 4 members (excludes halogenated alkanes) is 6. The van der Waals surface area contributed by atoms with Gasteiger partial charge in [0.2, 0.25) is 27.8 Å². The van der Waals surface area contributed by atoms with Crippen LogP contribution in [0.4, 0.5) is 17.3 Å². The number of ether oxygens (including phenoxy) is 1. The van der Waals surface area contributed by atoms with E-state index in [0.29, 0.717) is 30.0 Å². The van der Waals surface area contributed by atoms with E-state index < -0.39 is 39.7 Å². The number of fused-ring (bicyclic) bond motifs is 2. The third-order valence-electron chi connectivity index (χ3n) is 11.5. The first-order valence-corrected chi connectivity index (χ1v) is 22.8. The summed E-state index contributed by atoms with van der Waals surface area (Å²) in [5.74, 6) is -1.35. The van der Waals surface area contributed by atoms with Crippen LogP contribution in [0.15, 0.2) is 73.2 Å². The minimum Gasteiger partial charge on any atom is -0.493 e. The van der Waals surface area contributed by atoms with Crippen molar-refractivity contribution in [2.45, 2.75) is 82.7 Å². The van der Waals surface area contributed by atoms with Gasteiger partial charge in [-0.1, -0.05) is 50.3 Å². The zero-order valence-corrected chi connectivity index (χ0v) is 34.9. The maximum Gasteiger partial charge on any atom is 0.266 e. The van der Waals surface area contributed by atoms with Crippen LogP contribution in [0.1, 0.15) is 97.4 Å². The number of benzene rings is 2. The molecule has 3 N–H and O–H groups in total. The van der Waals surface area contributed by atoms with Crippen LogP contribution in [0.25, 0.3) is 16.8 Å². The molecular weight excluding hydrogens is 801 g/mol. The van der Waals surface area contributed by atoms with Crippen molar-refractivity contribution in [1.29, 1.82) is 0 Å². The van der Waals surface area contributed by atoms with Crippen molar-refractivity contribution in [3.63, 3.8) is 0 Å². The molecule has 1 unspecified atom stereocenters. The summed E-state index contributed by atoms with van der Waals surface area (Å²) in [6.07, 6.45) is 16.5. The molecule has 8 rings (SSSR count). The summed E-state index contributed by atoms with van der Waals surface area (Å²) in [6, 6.07) is 15.3. The number of piperidine rings is 2. The van der Waals surface area contributed by atoms with Gasteiger partial charge < -0.3 is 15.0 Å². The first kappa shape index (κ1) is 41.6. The molecule has 2 aromatic carbocycles. The Morgan fingerprint density at radius 2 is 1.62 bits per heavy atom. The lowest BCUT2D eigenvalue weighted by Crippen LogP contribution is -2.54. The molecule has 1 atom stereocenters. The summed E-state index contributed by atoms with van der Waals surface area (Å²) in [5.41, 5.74) is 4.11. The molecule has 0 aliphatic carbocycles. The predicted molar refractivity (Wildman–Crippen MR) is 228 cm³/mol. The highest BCUT2D eigenvalue weighted by atomic mass is 32.2. The van der Waals surface area contributed by atoms with Crippen molar-refractivity contribution >= 4 is 56.5 Å². The van der Waals surface area contributed by atoms with Gasteiger partial charge >= 0.3 is 0 Å². The zero-order chi connectivity index (χ0) is 42.5. The number of nitrogens with one attached hydrogen (secondary N) is 3. The third-order valence-corrected chi connectivity index (χ3v) is 12.1. The molecule has 3 aromatic heterocycles. The van der Waals surface area contributed by atoms with Crippen LogP contribution in [-0.4, -0.2) is 105 Å². The molecular formula is C43H50N10O7S. The third kappa shape index (κ3) is 9.75. The molecule has 18 heteroatoms. The normalized spacial score (nSPS) is 17.5. The number of rotatable bonds is 18. The Bertz CT molecular complexity index is 2550. The first-order chi connectivity index (χ1) is 29.5. The van der Waals surface area contributed by atoms with Crippen molar-refractivity contribution in [1.82, 2.24) is 39.5 Å². The number of imide groups is 2. The fraction of sp³-hybridized carbons (Fsp3) is 0.419. The average molecular weight is 851 g/mol. The Kier molecular flexibility index (Phi) is 12.4. The number of hydrogen-bond donors (Lipinski definition) is 3. The van der Waals surface area contributed by atoms with E-state index in [4.69, 9.17) is 9.84 Å². The molecule has 3 aliphatic heterocycles. The summed E-state index contributed by atoms with van der Waals surface area (Å²) < 4.78 is 35.8. The molecule has 4 amide bonds. The molecule has 61 heavy (non-hydrogen) atoms. The van der Waals surface area contributed by atoms with Crippen LogP contribution in [0.2, 0.25) is 0 Å². The molecule has 17 nitrogen and oxygen atoms in total. The van der Waals surface area contributed by atoms with E-state index in [9.17, 15) is 27.6 Å². The number of hydrogen-bond acceptors (Lipinski definition) is 12. The Balaban J connectivity index is 0.711. The van der Waals surface area contributed by atoms with Crippen molar-refractivity contribution in [3.8, 4) is 17.0 Å². The van der Waals surface area contributed by atoms with Crippen LogP contribution in [-0.2, 0) is 19.6 Å². The number of amides is 4. The number of aromatic nitrogens is 5. The van der Waals surface area contributed by atoms with E-state index in [1.807, 2.05) is 29.1 Å². The maximum absolute atomic E-state index is 13.3. The van der Waals surface area contributed by atoms with E-state index in [1.165, 1.54) is 19.3 Å². The van der Waals surface area contributed by atoms with Gasteiger partial charge in [-0.15, -0.1) is 5.10 Å². The highest BCUT2D eigenvalue weighted by Gasteiger charge is 2.46. The molecule has 0 bridgehead atoms. The number of carbonyl (C=O) groups excluding carboxylic acids is 4. The van der Waals surface area contributed by atoms with Crippen LogP contribution < -0.4 is 20.1 Å². The van der Waals surface area contributed by atoms with Gasteiger partial charge in [-0.2, -0.15) is 5.10 Å². The van der Waals surface area contributed by atoms with Crippen LogP contribution >= 0.6 is 0 Å². The summed E-state index contributed by atoms with van der Waals surface area (Å²) >= 11 is 0. The lowest BCUT2D eigenvalue weighted by molar-refractivity contribution is -0.136. The summed E-state index contributed by atoms with van der Waals surface area (Å²) in [6.45, 7) is 3.58. The lowest BCUT2D eigenvalue weighted by atomic mass is 10.0. The van der Waals surface area contributed by atoms with Gasteiger partial charge in [-0.05, 0) is 75.0 Å². The summed E-state index contributed by atoms with van der Waals surface area (Å²) in [4.78, 5) is 58.3. The summed E-state index contributed by atoms with van der Waals surface area (Å²) in [5, 5.41) is 14.9. The minimum absolute atomic E-state index is 0.0763. The van der Waals surface area contributed by atoms with Crippen LogP contribution in [0, 0.1) is 0 Å². The van der Waals surface area contributed by atoms with Gasteiger partial charge in [0.15, 0.2) is 0 Å². The lowest BCUT2D eigenvalue weighted by Gasteiger charge is -2.32. The molecule has 3 aliphatic rings. The van der Waals surface area contributed by atoms with Gasteiger partial charge in [-0.25, -0.2) is 17.9 Å². The van der Waals surface area contributed by atoms with E-state index in [1.54, 1.807) is 53.3 Å². The second-order valence-corrected chi connectivity index (χ2v) is 17.7. The van der Waals surface area contributed by atoms with Gasteiger partial charge in [0.25, 0.3) is 11.8 Å². The Morgan fingerprint density at radius 1 is 0.852 bits per heavy atom. The Labute approximate surface area is 353 Å². The number of nitrogens with zero attached hydrogens (tertiary/aromatic N) is 7. The zero-order valence-electron chi connectivity index (χ0n) is 34.1. The maximum atomic E-state index is 13.3. The molecule has 6 heterocycles. The average Bonchev–Trinajstić information content (AvgIpc) is 3.95. The van der Waals surface area contributed by atoms with E-state index in [0.717, 1.165) is 91.8 Å². The number of carbonyl (C=O) groups is 4. The smallest absolute Gasteiger partial charge is 0.266 e. The number of anilines is 3. The quantitative estimate of drug-likeness (QED) is 0.0734. The van der Waals surface area contributed by atoms with Crippen molar-refractivity contribution in [3.05, 3.63) is 84.3 Å². The molecule has 0 spiro atoms. The second kappa shape index (κ2) is 18.2. The second-order valence-electron chi connectivity index (χ2n) is 15.9. The monoisotopic (exact) mass is 850 g/mol. The Morgan fingerprint density at radius 3 is 2.41 bits per heavy atom. The van der Waals surface area contributed by atoms with Crippen LogP contribution in [0.5, 0.6) is 5.75 Å². The summed E-state index contributed by atoms with van der Waals surface area (Å²) in [7, 11) is -3.41. The standard InChI is InChI=1S/C43H50N10O7S/c1-61(58,59)49-30-12-9-11-29(25-30)35-16-15-33-27-44-43(48-53(33)35)46-31-26-45-51(28-31)32-19-22-50(23-20-32)21-7-5-3-2-4-6-8-24-60-37-14-10-13-34-39(37)42(57)52(41(34)56)36-17-18-38(54)47-40(36)55/h9-16,25-28,32,36,49H,2-8,17-24H2,1H3,(H,46,48)(H,47,54,55). The number of likely N-dealkylation sites (tertiary alicyclic amines) is 1. The van der Waals surface area contributed by atoms with E-state index >= 15 is 0 Å². The highest BCUT2D eigenvalue weighted by molar-refractivity contribution is 7.92. The molecule has 5 aromatic rings. The topological polar surface area (TPSA) is 202 Å². The van der Waals surface area contributed by atoms with Crippen molar-refractivity contribution in [2.75, 3.05) is 42.5 Å².